The minimum atomic E-state index is -0.745. The molecule has 0 aliphatic carbocycles. The van der Waals surface area contributed by atoms with Gasteiger partial charge >= 0.3 is 0 Å². The predicted octanol–water partition coefficient (Wildman–Crippen LogP) is 4.12. The van der Waals surface area contributed by atoms with Crippen LogP contribution in [0.25, 0.3) is 10.9 Å². The summed E-state index contributed by atoms with van der Waals surface area (Å²) in [5, 5.41) is 3.02. The van der Waals surface area contributed by atoms with Crippen LogP contribution in [-0.2, 0) is 4.79 Å². The summed E-state index contributed by atoms with van der Waals surface area (Å²) in [5.74, 6) is -1.90. The molecule has 0 saturated carbocycles. The number of rotatable bonds is 4. The quantitative estimate of drug-likeness (QED) is 0.540. The van der Waals surface area contributed by atoms with Crippen molar-refractivity contribution in [3.63, 3.8) is 0 Å². The third-order valence-corrected chi connectivity index (χ3v) is 4.94. The van der Waals surface area contributed by atoms with Crippen LogP contribution < -0.4 is 10.2 Å². The van der Waals surface area contributed by atoms with E-state index in [0.717, 1.165) is 18.8 Å². The Bertz CT molecular complexity index is 988. The van der Waals surface area contributed by atoms with Crippen LogP contribution in [-0.4, -0.2) is 29.8 Å². The summed E-state index contributed by atoms with van der Waals surface area (Å²) in [5.41, 5.74) is 2.44. The Morgan fingerprint density at radius 1 is 1.00 bits per heavy atom. The lowest BCUT2D eigenvalue weighted by Crippen LogP contribution is -2.29. The molecule has 1 saturated heterocycles. The minimum absolute atomic E-state index is 0.159. The number of carbonyl (C=O) groups excluding carboxylic acids is 2. The van der Waals surface area contributed by atoms with Gasteiger partial charge in [-0.15, -0.1) is 0 Å². The highest BCUT2D eigenvalue weighted by molar-refractivity contribution is 6.48. The van der Waals surface area contributed by atoms with Gasteiger partial charge in [0, 0.05) is 41.6 Å². The van der Waals surface area contributed by atoms with E-state index in [0.29, 0.717) is 16.6 Å². The minimum Gasteiger partial charge on any atom is -0.372 e. The summed E-state index contributed by atoms with van der Waals surface area (Å²) in [6.07, 6.45) is 5.09. The maximum absolute atomic E-state index is 13.5. The van der Waals surface area contributed by atoms with Gasteiger partial charge in [-0.05, 0) is 61.7 Å². The molecule has 2 aromatic carbocycles. The van der Waals surface area contributed by atoms with E-state index in [9.17, 15) is 14.0 Å². The van der Waals surface area contributed by atoms with Gasteiger partial charge in [0.05, 0.1) is 5.56 Å². The van der Waals surface area contributed by atoms with Gasteiger partial charge in [0.1, 0.15) is 5.82 Å². The molecule has 6 heteroatoms. The fraction of sp³-hybridized carbons (Fsp3) is 0.238. The molecule has 5 nitrogen and oxygen atoms in total. The molecule has 3 aromatic rings. The van der Waals surface area contributed by atoms with Gasteiger partial charge in [-0.1, -0.05) is 0 Å². The first-order valence-electron chi connectivity index (χ1n) is 9.09. The molecule has 1 aliphatic rings. The average Bonchev–Trinajstić information content (AvgIpc) is 3.11. The number of aromatic nitrogens is 1. The van der Waals surface area contributed by atoms with Crippen molar-refractivity contribution in [1.29, 1.82) is 0 Å². The van der Waals surface area contributed by atoms with Crippen LogP contribution in [0, 0.1) is 5.82 Å². The van der Waals surface area contributed by atoms with Gasteiger partial charge in [-0.3, -0.25) is 9.59 Å². The largest absolute Gasteiger partial charge is 0.372 e. The van der Waals surface area contributed by atoms with Crippen molar-refractivity contribution >= 4 is 34.0 Å². The van der Waals surface area contributed by atoms with E-state index in [-0.39, 0.29) is 5.56 Å². The zero-order valence-electron chi connectivity index (χ0n) is 14.8. The lowest BCUT2D eigenvalue weighted by atomic mass is 10.1. The van der Waals surface area contributed by atoms with Gasteiger partial charge in [0.2, 0.25) is 0 Å². The van der Waals surface area contributed by atoms with E-state index < -0.39 is 17.5 Å². The SMILES string of the molecule is O=C(Nc1ccc(N2CCCCC2)cc1)C(=O)c1c[nH]c2ccc(F)cc12. The molecule has 4 rings (SSSR count). The number of hydrogen-bond acceptors (Lipinski definition) is 3. The number of benzene rings is 2. The molecule has 1 aromatic heterocycles. The van der Waals surface area contributed by atoms with Crippen LogP contribution in [0.4, 0.5) is 15.8 Å². The van der Waals surface area contributed by atoms with Crippen molar-refractivity contribution in [2.75, 3.05) is 23.3 Å². The Morgan fingerprint density at radius 3 is 2.48 bits per heavy atom. The van der Waals surface area contributed by atoms with Crippen molar-refractivity contribution in [3.05, 3.63) is 60.0 Å². The zero-order chi connectivity index (χ0) is 18.8. The standard InChI is InChI=1S/C21H20FN3O2/c22-14-4-9-19-17(12-14)18(13-23-19)20(26)21(27)24-15-5-7-16(8-6-15)25-10-2-1-3-11-25/h4-9,12-13,23H,1-3,10-11H2,(H,24,27). The van der Waals surface area contributed by atoms with E-state index in [4.69, 9.17) is 0 Å². The first-order valence-corrected chi connectivity index (χ1v) is 9.09. The molecule has 0 unspecified atom stereocenters. The number of piperidine rings is 1. The normalized spacial score (nSPS) is 14.3. The Balaban J connectivity index is 1.48. The third kappa shape index (κ3) is 3.56. The second-order valence-corrected chi connectivity index (χ2v) is 6.77. The maximum Gasteiger partial charge on any atom is 0.296 e. The lowest BCUT2D eigenvalue weighted by molar-refractivity contribution is -0.112. The summed E-state index contributed by atoms with van der Waals surface area (Å²) >= 11 is 0. The monoisotopic (exact) mass is 365 g/mol. The highest BCUT2D eigenvalue weighted by Crippen LogP contribution is 2.23. The summed E-state index contributed by atoms with van der Waals surface area (Å²) in [6.45, 7) is 2.09. The first kappa shape index (κ1) is 17.3. The number of Topliss-reactive ketones (excluding diaryl/α,β-unsaturated/α-hetero) is 1. The molecule has 0 spiro atoms. The van der Waals surface area contributed by atoms with Crippen LogP contribution in [0.3, 0.4) is 0 Å². The molecule has 0 atom stereocenters. The molecular weight excluding hydrogens is 345 g/mol. The summed E-state index contributed by atoms with van der Waals surface area (Å²) in [6, 6.07) is 11.6. The smallest absolute Gasteiger partial charge is 0.296 e. The number of hydrogen-bond donors (Lipinski definition) is 2. The number of aromatic amines is 1. The third-order valence-electron chi connectivity index (χ3n) is 4.94. The van der Waals surface area contributed by atoms with Gasteiger partial charge in [-0.25, -0.2) is 4.39 Å². The van der Waals surface area contributed by atoms with Crippen molar-refractivity contribution in [2.45, 2.75) is 19.3 Å². The van der Waals surface area contributed by atoms with Crippen LogP contribution in [0.15, 0.2) is 48.7 Å². The van der Waals surface area contributed by atoms with E-state index in [1.807, 2.05) is 12.1 Å². The fourth-order valence-electron chi connectivity index (χ4n) is 3.50. The zero-order valence-corrected chi connectivity index (χ0v) is 14.8. The Hall–Kier alpha value is -3.15. The van der Waals surface area contributed by atoms with Gasteiger partial charge < -0.3 is 15.2 Å². The Labute approximate surface area is 156 Å². The van der Waals surface area contributed by atoms with Gasteiger partial charge in [0.15, 0.2) is 0 Å². The second-order valence-electron chi connectivity index (χ2n) is 6.77. The average molecular weight is 365 g/mol. The predicted molar refractivity (Wildman–Crippen MR) is 104 cm³/mol. The van der Waals surface area contributed by atoms with E-state index in [1.165, 1.54) is 37.6 Å². The fourth-order valence-corrected chi connectivity index (χ4v) is 3.50. The van der Waals surface area contributed by atoms with Crippen molar-refractivity contribution in [3.8, 4) is 0 Å². The molecule has 1 amide bonds. The number of ketones is 1. The molecule has 2 N–H and O–H groups in total. The van der Waals surface area contributed by atoms with Crippen molar-refractivity contribution < 1.29 is 14.0 Å². The molecule has 138 valence electrons. The van der Waals surface area contributed by atoms with Crippen molar-refractivity contribution in [1.82, 2.24) is 4.98 Å². The number of H-pyrrole nitrogens is 1. The number of anilines is 2. The number of nitrogens with one attached hydrogen (secondary N) is 2. The molecule has 1 aliphatic heterocycles. The molecule has 2 heterocycles. The Morgan fingerprint density at radius 2 is 1.74 bits per heavy atom. The number of fused-ring (bicyclic) bond motifs is 1. The molecular formula is C21H20FN3O2. The maximum atomic E-state index is 13.5. The van der Waals surface area contributed by atoms with Gasteiger partial charge in [-0.2, -0.15) is 0 Å². The van der Waals surface area contributed by atoms with Crippen molar-refractivity contribution in [2.24, 2.45) is 0 Å². The van der Waals surface area contributed by atoms with E-state index in [1.54, 1.807) is 18.2 Å². The van der Waals surface area contributed by atoms with E-state index >= 15 is 0 Å². The molecule has 1 fully saturated rings. The molecule has 0 bridgehead atoms. The summed E-state index contributed by atoms with van der Waals surface area (Å²) in [7, 11) is 0. The van der Waals surface area contributed by atoms with Crippen LogP contribution in [0.1, 0.15) is 29.6 Å². The summed E-state index contributed by atoms with van der Waals surface area (Å²) < 4.78 is 13.5. The van der Waals surface area contributed by atoms with E-state index in [2.05, 4.69) is 15.2 Å². The van der Waals surface area contributed by atoms with Crippen LogP contribution in [0.5, 0.6) is 0 Å². The molecule has 0 radical (unpaired) electrons. The summed E-state index contributed by atoms with van der Waals surface area (Å²) in [4.78, 5) is 30.0. The number of amides is 1. The second kappa shape index (κ2) is 7.23. The lowest BCUT2D eigenvalue weighted by Gasteiger charge is -2.28. The first-order chi connectivity index (χ1) is 13.1. The Kier molecular flexibility index (Phi) is 4.62. The topological polar surface area (TPSA) is 65.2 Å². The number of halogens is 1. The highest BCUT2D eigenvalue weighted by Gasteiger charge is 2.20. The number of carbonyl (C=O) groups is 2. The van der Waals surface area contributed by atoms with Crippen LogP contribution in [0.2, 0.25) is 0 Å². The van der Waals surface area contributed by atoms with Crippen LogP contribution >= 0.6 is 0 Å². The number of nitrogens with zero attached hydrogens (tertiary/aromatic N) is 1. The van der Waals surface area contributed by atoms with Gasteiger partial charge in [0.25, 0.3) is 11.7 Å². The highest BCUT2D eigenvalue weighted by atomic mass is 19.1. The molecule has 27 heavy (non-hydrogen) atoms.